The lowest BCUT2D eigenvalue weighted by atomic mass is 10.0. The Kier molecular flexibility index (Phi) is 12.5. The number of allylic oxidation sites excluding steroid dienone is 1. The van der Waals surface area contributed by atoms with Crippen LogP contribution in [0.15, 0.2) is 84.9 Å². The van der Waals surface area contributed by atoms with E-state index in [0.29, 0.717) is 17.7 Å². The van der Waals surface area contributed by atoms with E-state index in [1.807, 2.05) is 36.4 Å². The lowest BCUT2D eigenvalue weighted by Crippen LogP contribution is -2.21. The molecule has 0 unspecified atom stereocenters. The molecular formula is C37H40FNO4. The number of amides is 2. The largest absolute Gasteiger partial charge is 0.494 e. The molecule has 0 fully saturated rings. The van der Waals surface area contributed by atoms with Gasteiger partial charge in [-0.05, 0) is 78.4 Å². The predicted molar refractivity (Wildman–Crippen MR) is 169 cm³/mol. The molecule has 1 heterocycles. The number of aryl methyl sites for hydroxylation is 1. The van der Waals surface area contributed by atoms with Gasteiger partial charge >= 0.3 is 0 Å². The molecule has 3 aromatic rings. The minimum atomic E-state index is -0.357. The van der Waals surface area contributed by atoms with Crippen LogP contribution < -0.4 is 10.1 Å². The van der Waals surface area contributed by atoms with Gasteiger partial charge in [-0.1, -0.05) is 93.8 Å². The molecular weight excluding hydrogens is 541 g/mol. The molecule has 0 saturated heterocycles. The van der Waals surface area contributed by atoms with Gasteiger partial charge < -0.3 is 4.74 Å². The number of carbonyl (C=O) groups is 3. The van der Waals surface area contributed by atoms with Crippen molar-refractivity contribution in [3.63, 3.8) is 0 Å². The minimum absolute atomic E-state index is 0.159. The van der Waals surface area contributed by atoms with Crippen molar-refractivity contribution < 1.29 is 23.5 Å². The van der Waals surface area contributed by atoms with E-state index < -0.39 is 0 Å². The Hall–Kier alpha value is -4.32. The van der Waals surface area contributed by atoms with Crippen LogP contribution in [-0.2, 0) is 16.0 Å². The molecule has 2 amide bonds. The van der Waals surface area contributed by atoms with E-state index in [4.69, 9.17) is 4.74 Å². The number of hydrogen-bond acceptors (Lipinski definition) is 4. The van der Waals surface area contributed by atoms with Crippen molar-refractivity contribution in [2.75, 3.05) is 6.61 Å². The molecule has 224 valence electrons. The highest BCUT2D eigenvalue weighted by Gasteiger charge is 2.21. The van der Waals surface area contributed by atoms with Gasteiger partial charge in [0.25, 0.3) is 11.8 Å². The molecule has 0 aliphatic carbocycles. The molecule has 1 aliphatic rings. The molecule has 0 radical (unpaired) electrons. The number of ketones is 1. The highest BCUT2D eigenvalue weighted by atomic mass is 19.1. The van der Waals surface area contributed by atoms with Crippen LogP contribution in [0.5, 0.6) is 5.75 Å². The van der Waals surface area contributed by atoms with Gasteiger partial charge in [-0.2, -0.15) is 0 Å². The normalized spacial score (nSPS) is 12.9. The first-order valence-electron chi connectivity index (χ1n) is 15.3. The third-order valence-corrected chi connectivity index (χ3v) is 7.59. The number of nitrogens with one attached hydrogen (secondary N) is 1. The first-order chi connectivity index (χ1) is 21.0. The summed E-state index contributed by atoms with van der Waals surface area (Å²) in [5.41, 5.74) is 3.86. The van der Waals surface area contributed by atoms with Gasteiger partial charge in [0, 0.05) is 11.6 Å². The van der Waals surface area contributed by atoms with E-state index >= 15 is 0 Å². The Morgan fingerprint density at radius 2 is 1.33 bits per heavy atom. The van der Waals surface area contributed by atoms with Gasteiger partial charge in [0.2, 0.25) is 0 Å². The molecule has 0 atom stereocenters. The molecule has 0 aromatic heterocycles. The highest BCUT2D eigenvalue weighted by Crippen LogP contribution is 2.20. The highest BCUT2D eigenvalue weighted by molar-refractivity contribution is 6.33. The van der Waals surface area contributed by atoms with Crippen molar-refractivity contribution in [1.82, 2.24) is 5.32 Å². The number of unbranched alkanes of at least 4 members (excludes halogenated alkanes) is 9. The van der Waals surface area contributed by atoms with Crippen LogP contribution in [0.4, 0.5) is 4.39 Å². The Labute approximate surface area is 253 Å². The second kappa shape index (κ2) is 17.0. The number of rotatable bonds is 18. The molecule has 6 heteroatoms. The summed E-state index contributed by atoms with van der Waals surface area (Å²) in [4.78, 5) is 35.3. The van der Waals surface area contributed by atoms with Gasteiger partial charge in [-0.15, -0.1) is 0 Å². The zero-order chi connectivity index (χ0) is 30.3. The summed E-state index contributed by atoms with van der Waals surface area (Å²) in [6.07, 6.45) is 17.9. The summed E-state index contributed by atoms with van der Waals surface area (Å²) in [5, 5.41) is 2.28. The first kappa shape index (κ1) is 31.6. The van der Waals surface area contributed by atoms with Crippen molar-refractivity contribution in [2.45, 2.75) is 70.6 Å². The van der Waals surface area contributed by atoms with Crippen molar-refractivity contribution >= 4 is 29.2 Å². The number of halogens is 1. The van der Waals surface area contributed by atoms with Crippen molar-refractivity contribution in [3.05, 3.63) is 113 Å². The Morgan fingerprint density at radius 1 is 0.721 bits per heavy atom. The molecule has 43 heavy (non-hydrogen) atoms. The molecule has 5 nitrogen and oxygen atoms in total. The SMILES string of the molecule is O=C1C=C(c2ccc(CCCCCCCCCCCCOc3ccc(C=CC(=O)c4ccc(F)cc4)cc3)cc2)C(=O)N1. The Morgan fingerprint density at radius 3 is 1.93 bits per heavy atom. The second-order valence-corrected chi connectivity index (χ2v) is 11.0. The molecule has 0 spiro atoms. The number of imide groups is 1. The molecule has 0 bridgehead atoms. The lowest BCUT2D eigenvalue weighted by Gasteiger charge is -2.07. The Balaban J connectivity index is 0.965. The van der Waals surface area contributed by atoms with Gasteiger partial charge in [0.1, 0.15) is 11.6 Å². The quantitative estimate of drug-likeness (QED) is 0.0710. The minimum Gasteiger partial charge on any atom is -0.494 e. The summed E-state index contributed by atoms with van der Waals surface area (Å²) in [5.74, 6) is -0.357. The van der Waals surface area contributed by atoms with Gasteiger partial charge in [-0.25, -0.2) is 4.39 Å². The van der Waals surface area contributed by atoms with Crippen LogP contribution in [0.1, 0.15) is 91.3 Å². The van der Waals surface area contributed by atoms with E-state index in [9.17, 15) is 18.8 Å². The molecule has 3 aromatic carbocycles. The summed E-state index contributed by atoms with van der Waals surface area (Å²) in [7, 11) is 0. The zero-order valence-electron chi connectivity index (χ0n) is 24.7. The molecule has 4 rings (SSSR count). The predicted octanol–water partition coefficient (Wildman–Crippen LogP) is 8.28. The van der Waals surface area contributed by atoms with E-state index in [0.717, 1.165) is 36.1 Å². The van der Waals surface area contributed by atoms with Crippen LogP contribution >= 0.6 is 0 Å². The first-order valence-corrected chi connectivity index (χ1v) is 15.3. The van der Waals surface area contributed by atoms with Gasteiger partial charge in [0.15, 0.2) is 5.78 Å². The van der Waals surface area contributed by atoms with Crippen LogP contribution in [0.3, 0.4) is 0 Å². The van der Waals surface area contributed by atoms with Gasteiger partial charge in [0.05, 0.1) is 12.2 Å². The maximum Gasteiger partial charge on any atom is 0.258 e. The lowest BCUT2D eigenvalue weighted by molar-refractivity contribution is -0.123. The average molecular weight is 582 g/mol. The monoisotopic (exact) mass is 581 g/mol. The second-order valence-electron chi connectivity index (χ2n) is 11.0. The Bertz CT molecular complexity index is 1410. The standard InChI is InChI=1S/C37H40FNO4/c38-32-21-19-31(20-22-32)35(40)25-16-29-14-23-33(24-15-29)43-26-10-8-6-4-2-1-3-5-7-9-11-28-12-17-30(18-13-28)34-27-36(41)39-37(34)42/h12-25,27H,1-11,26H2,(H,39,41,42). The fraction of sp³-hybridized carbons (Fsp3) is 0.324. The van der Waals surface area contributed by atoms with E-state index in [2.05, 4.69) is 17.4 Å². The maximum absolute atomic E-state index is 13.0. The number of hydrogen-bond donors (Lipinski definition) is 1. The van der Waals surface area contributed by atoms with Crippen molar-refractivity contribution in [2.24, 2.45) is 0 Å². The van der Waals surface area contributed by atoms with Crippen LogP contribution in [0.25, 0.3) is 11.6 Å². The third-order valence-electron chi connectivity index (χ3n) is 7.59. The van der Waals surface area contributed by atoms with Crippen LogP contribution in [0.2, 0.25) is 0 Å². The maximum atomic E-state index is 13.0. The summed E-state index contributed by atoms with van der Waals surface area (Å²) < 4.78 is 18.9. The topological polar surface area (TPSA) is 72.5 Å². The average Bonchev–Trinajstić information content (AvgIpc) is 3.36. The molecule has 0 saturated carbocycles. The number of ether oxygens (including phenoxy) is 1. The fourth-order valence-corrected chi connectivity index (χ4v) is 5.07. The fourth-order valence-electron chi connectivity index (χ4n) is 5.07. The smallest absolute Gasteiger partial charge is 0.258 e. The summed E-state index contributed by atoms with van der Waals surface area (Å²) in [6.45, 7) is 0.702. The number of benzene rings is 3. The van der Waals surface area contributed by atoms with Crippen molar-refractivity contribution in [1.29, 1.82) is 0 Å². The summed E-state index contributed by atoms with van der Waals surface area (Å²) >= 11 is 0. The van der Waals surface area contributed by atoms with E-state index in [1.165, 1.54) is 93.3 Å². The number of carbonyl (C=O) groups excluding carboxylic acids is 3. The van der Waals surface area contributed by atoms with E-state index in [1.54, 1.807) is 6.08 Å². The van der Waals surface area contributed by atoms with E-state index in [-0.39, 0.29) is 23.4 Å². The molecule has 1 aliphatic heterocycles. The molecule has 1 N–H and O–H groups in total. The third kappa shape index (κ3) is 10.8. The van der Waals surface area contributed by atoms with Crippen molar-refractivity contribution in [3.8, 4) is 5.75 Å². The van der Waals surface area contributed by atoms with Crippen LogP contribution in [-0.4, -0.2) is 24.2 Å². The van der Waals surface area contributed by atoms with Gasteiger partial charge in [-0.3, -0.25) is 19.7 Å². The van der Waals surface area contributed by atoms with Crippen LogP contribution in [0, 0.1) is 5.82 Å². The summed E-state index contributed by atoms with van der Waals surface area (Å²) in [6, 6.07) is 21.2. The zero-order valence-corrected chi connectivity index (χ0v) is 24.7.